The Balaban J connectivity index is 1.90. The molecule has 0 bridgehead atoms. The molecule has 0 amide bonds. The fourth-order valence-electron chi connectivity index (χ4n) is 4.99. The zero-order valence-electron chi connectivity index (χ0n) is 22.6. The van der Waals surface area contributed by atoms with Crippen molar-refractivity contribution in [2.75, 3.05) is 16.3 Å². The summed E-state index contributed by atoms with van der Waals surface area (Å²) in [4.78, 5) is 41.6. The molecule has 4 aromatic rings. The number of nitrogens with zero attached hydrogens (tertiary/aromatic N) is 3. The molecule has 1 saturated carbocycles. The highest BCUT2D eigenvalue weighted by molar-refractivity contribution is 7.92. The average molecular weight is 568 g/mol. The van der Waals surface area contributed by atoms with Crippen LogP contribution in [0.5, 0.6) is 0 Å². The summed E-state index contributed by atoms with van der Waals surface area (Å²) in [6.07, 6.45) is 3.13. The number of nitrogens with one attached hydrogen (secondary N) is 2. The standard InChI is InChI=1S/C28H30FN5O5S/c1-5-16-10-13-22(21(29)14-16)30-25-23-24(20(6-2)26(35)32(25)3)33(28(37)34(27(23)36)18-11-12-18)19-9-7-8-17(15-19)31-40(4,38)39/h7-10,13-15,18,30-31H,5-6,11-12H2,1-4H3. The van der Waals surface area contributed by atoms with E-state index in [4.69, 9.17) is 0 Å². The van der Waals surface area contributed by atoms with E-state index in [1.807, 2.05) is 6.92 Å². The summed E-state index contributed by atoms with van der Waals surface area (Å²) in [5, 5.41) is 3.02. The lowest BCUT2D eigenvalue weighted by Gasteiger charge is -2.21. The minimum atomic E-state index is -3.61. The number of aromatic nitrogens is 3. The number of fused-ring (bicyclic) bond motifs is 1. The Bertz CT molecular complexity index is 1960. The van der Waals surface area contributed by atoms with Gasteiger partial charge in [-0.2, -0.15) is 0 Å². The molecule has 0 radical (unpaired) electrons. The van der Waals surface area contributed by atoms with E-state index in [9.17, 15) is 22.8 Å². The number of rotatable bonds is 8. The molecule has 0 aliphatic heterocycles. The second-order valence-electron chi connectivity index (χ2n) is 10.0. The van der Waals surface area contributed by atoms with Gasteiger partial charge in [-0.1, -0.05) is 26.0 Å². The van der Waals surface area contributed by atoms with Crippen molar-refractivity contribution >= 4 is 38.1 Å². The molecule has 210 valence electrons. The molecule has 40 heavy (non-hydrogen) atoms. The van der Waals surface area contributed by atoms with Crippen LogP contribution in [0.25, 0.3) is 16.6 Å². The zero-order valence-corrected chi connectivity index (χ0v) is 23.4. The maximum absolute atomic E-state index is 15.1. The van der Waals surface area contributed by atoms with Gasteiger partial charge in [0.15, 0.2) is 0 Å². The zero-order chi connectivity index (χ0) is 28.9. The second-order valence-corrected chi connectivity index (χ2v) is 11.8. The molecule has 0 spiro atoms. The number of halogens is 1. The van der Waals surface area contributed by atoms with Crippen molar-refractivity contribution in [3.8, 4) is 5.69 Å². The summed E-state index contributed by atoms with van der Waals surface area (Å²) in [5.74, 6) is -0.492. The largest absolute Gasteiger partial charge is 0.338 e. The molecule has 12 heteroatoms. The Hall–Kier alpha value is -4.19. The molecule has 2 aromatic heterocycles. The van der Waals surface area contributed by atoms with Crippen molar-refractivity contribution in [1.29, 1.82) is 0 Å². The fraction of sp³-hybridized carbons (Fsp3) is 0.321. The first kappa shape index (κ1) is 27.4. The van der Waals surface area contributed by atoms with Crippen molar-refractivity contribution in [3.63, 3.8) is 0 Å². The molecule has 2 N–H and O–H groups in total. The van der Waals surface area contributed by atoms with Crippen LogP contribution in [0.15, 0.2) is 56.8 Å². The van der Waals surface area contributed by atoms with Crippen LogP contribution in [-0.4, -0.2) is 28.4 Å². The molecule has 1 fully saturated rings. The predicted molar refractivity (Wildman–Crippen MR) is 154 cm³/mol. The lowest BCUT2D eigenvalue weighted by Crippen LogP contribution is -2.41. The van der Waals surface area contributed by atoms with Crippen LogP contribution in [0, 0.1) is 5.82 Å². The van der Waals surface area contributed by atoms with Gasteiger partial charge >= 0.3 is 5.69 Å². The van der Waals surface area contributed by atoms with Gasteiger partial charge in [-0.3, -0.25) is 28.0 Å². The van der Waals surface area contributed by atoms with Gasteiger partial charge in [0.1, 0.15) is 17.0 Å². The van der Waals surface area contributed by atoms with Crippen LogP contribution in [0.1, 0.15) is 43.9 Å². The molecule has 2 aromatic carbocycles. The van der Waals surface area contributed by atoms with Gasteiger partial charge < -0.3 is 5.32 Å². The van der Waals surface area contributed by atoms with Crippen molar-refractivity contribution in [1.82, 2.24) is 13.7 Å². The highest BCUT2D eigenvalue weighted by atomic mass is 32.2. The molecular formula is C28H30FN5O5S. The molecule has 10 nitrogen and oxygen atoms in total. The highest BCUT2D eigenvalue weighted by Gasteiger charge is 2.32. The highest BCUT2D eigenvalue weighted by Crippen LogP contribution is 2.34. The molecule has 0 atom stereocenters. The van der Waals surface area contributed by atoms with Gasteiger partial charge in [0.2, 0.25) is 10.0 Å². The number of sulfonamides is 1. The molecule has 1 aliphatic rings. The summed E-state index contributed by atoms with van der Waals surface area (Å²) in [7, 11) is -2.12. The Morgan fingerprint density at radius 1 is 1.00 bits per heavy atom. The Morgan fingerprint density at radius 2 is 1.73 bits per heavy atom. The van der Waals surface area contributed by atoms with Gasteiger partial charge in [-0.25, -0.2) is 17.6 Å². The number of aryl methyl sites for hydroxylation is 2. The van der Waals surface area contributed by atoms with Gasteiger partial charge in [-0.05, 0) is 61.6 Å². The van der Waals surface area contributed by atoms with Crippen molar-refractivity contribution in [3.05, 3.63) is 90.6 Å². The number of anilines is 3. The van der Waals surface area contributed by atoms with Crippen LogP contribution in [0.2, 0.25) is 0 Å². The van der Waals surface area contributed by atoms with E-state index >= 15 is 4.39 Å². The third-order valence-electron chi connectivity index (χ3n) is 7.08. The summed E-state index contributed by atoms with van der Waals surface area (Å²) in [6, 6.07) is 10.6. The molecule has 1 aliphatic carbocycles. The molecule has 0 saturated heterocycles. The maximum Gasteiger partial charge on any atom is 0.336 e. The second kappa shape index (κ2) is 10.1. The Labute approximate surface area is 229 Å². The maximum atomic E-state index is 15.1. The van der Waals surface area contributed by atoms with E-state index in [1.54, 1.807) is 31.2 Å². The topological polar surface area (TPSA) is 124 Å². The van der Waals surface area contributed by atoms with Crippen LogP contribution >= 0.6 is 0 Å². The van der Waals surface area contributed by atoms with Crippen LogP contribution in [-0.2, 0) is 29.9 Å². The summed E-state index contributed by atoms with van der Waals surface area (Å²) in [5.41, 5.74) is -0.00179. The Kier molecular flexibility index (Phi) is 6.90. The first-order valence-corrected chi connectivity index (χ1v) is 14.9. The van der Waals surface area contributed by atoms with E-state index < -0.39 is 32.6 Å². The third-order valence-corrected chi connectivity index (χ3v) is 7.69. The average Bonchev–Trinajstić information content (AvgIpc) is 3.72. The van der Waals surface area contributed by atoms with E-state index in [1.165, 1.54) is 38.9 Å². The van der Waals surface area contributed by atoms with Crippen molar-refractivity contribution in [2.45, 2.75) is 45.6 Å². The number of pyridine rings is 1. The van der Waals surface area contributed by atoms with E-state index in [0.717, 1.165) is 11.8 Å². The van der Waals surface area contributed by atoms with Crippen LogP contribution in [0.4, 0.5) is 21.6 Å². The molecular weight excluding hydrogens is 537 g/mol. The number of benzene rings is 2. The van der Waals surface area contributed by atoms with E-state index in [2.05, 4.69) is 10.0 Å². The first-order valence-electron chi connectivity index (χ1n) is 13.0. The summed E-state index contributed by atoms with van der Waals surface area (Å²) >= 11 is 0. The lowest BCUT2D eigenvalue weighted by molar-refractivity contribution is 0.607. The van der Waals surface area contributed by atoms with Gasteiger partial charge in [0.25, 0.3) is 11.1 Å². The van der Waals surface area contributed by atoms with Crippen molar-refractivity contribution < 1.29 is 12.8 Å². The van der Waals surface area contributed by atoms with Gasteiger partial charge in [-0.15, -0.1) is 0 Å². The third kappa shape index (κ3) is 4.83. The summed E-state index contributed by atoms with van der Waals surface area (Å²) < 4.78 is 44.9. The number of hydrogen-bond acceptors (Lipinski definition) is 6. The van der Waals surface area contributed by atoms with Crippen LogP contribution in [0.3, 0.4) is 0 Å². The normalized spacial score (nSPS) is 13.5. The first-order chi connectivity index (χ1) is 18.9. The monoisotopic (exact) mass is 567 g/mol. The smallest absolute Gasteiger partial charge is 0.336 e. The lowest BCUT2D eigenvalue weighted by atomic mass is 10.1. The minimum Gasteiger partial charge on any atom is -0.338 e. The number of hydrogen-bond donors (Lipinski definition) is 2. The summed E-state index contributed by atoms with van der Waals surface area (Å²) in [6.45, 7) is 3.65. The molecule has 5 rings (SSSR count). The van der Waals surface area contributed by atoms with E-state index in [0.29, 0.717) is 19.3 Å². The SMILES string of the molecule is CCc1ccc(Nc2c3c(=O)n(C4CC4)c(=O)n(-c4cccc(NS(C)(=O)=O)c4)c3c(CC)c(=O)n2C)c(F)c1. The van der Waals surface area contributed by atoms with Gasteiger partial charge in [0, 0.05) is 18.7 Å². The fourth-order valence-corrected chi connectivity index (χ4v) is 5.54. The Morgan fingerprint density at radius 3 is 2.33 bits per heavy atom. The minimum absolute atomic E-state index is 0.0546. The quantitative estimate of drug-likeness (QED) is 0.336. The van der Waals surface area contributed by atoms with Crippen molar-refractivity contribution in [2.24, 2.45) is 7.05 Å². The molecule has 0 unspecified atom stereocenters. The van der Waals surface area contributed by atoms with Crippen LogP contribution < -0.4 is 26.8 Å². The van der Waals surface area contributed by atoms with E-state index in [-0.39, 0.29) is 51.8 Å². The predicted octanol–water partition coefficient (Wildman–Crippen LogP) is 3.57. The molecule has 2 heterocycles. The van der Waals surface area contributed by atoms with Gasteiger partial charge in [0.05, 0.1) is 28.8 Å².